The summed E-state index contributed by atoms with van der Waals surface area (Å²) in [6.07, 6.45) is 1.62. The first-order valence-corrected chi connectivity index (χ1v) is 6.81. The number of furan rings is 1. The highest BCUT2D eigenvalue weighted by atomic mass is 32.2. The molecule has 2 aromatic carbocycles. The minimum Gasteiger partial charge on any atom is -0.464 e. The van der Waals surface area contributed by atoms with E-state index < -0.39 is 11.6 Å². The van der Waals surface area contributed by atoms with Crippen LogP contribution in [-0.4, -0.2) is 0 Å². The van der Waals surface area contributed by atoms with E-state index in [1.165, 1.54) is 31.0 Å². The highest BCUT2D eigenvalue weighted by Gasteiger charge is 2.10. The molecule has 3 aromatic rings. The third kappa shape index (κ3) is 2.36. The predicted molar refractivity (Wildman–Crippen MR) is 76.8 cm³/mol. The second-order valence-corrected chi connectivity index (χ2v) is 5.24. The molecule has 0 amide bonds. The van der Waals surface area contributed by atoms with Crippen LogP contribution in [0.4, 0.5) is 14.5 Å². The highest BCUT2D eigenvalue weighted by molar-refractivity contribution is 8.00. The van der Waals surface area contributed by atoms with Crippen LogP contribution in [-0.2, 0) is 0 Å². The van der Waals surface area contributed by atoms with Gasteiger partial charge >= 0.3 is 0 Å². The van der Waals surface area contributed by atoms with Gasteiger partial charge in [-0.05, 0) is 55.3 Å². The minimum absolute atomic E-state index is 0.0147. The van der Waals surface area contributed by atoms with Gasteiger partial charge < -0.3 is 9.14 Å². The summed E-state index contributed by atoms with van der Waals surface area (Å²) in [6, 6.07) is 10.2. The summed E-state index contributed by atoms with van der Waals surface area (Å²) in [5, 5.41) is 0.979. The van der Waals surface area contributed by atoms with Crippen molar-refractivity contribution in [2.75, 3.05) is 4.72 Å². The van der Waals surface area contributed by atoms with Crippen molar-refractivity contribution in [1.29, 1.82) is 0 Å². The first-order valence-electron chi connectivity index (χ1n) is 6.00. The molecule has 0 unspecified atom stereocenters. The lowest BCUT2D eigenvalue weighted by Crippen LogP contribution is -1.95. The molecule has 1 N–H and O–H groups in total. The van der Waals surface area contributed by atoms with E-state index >= 15 is 0 Å². The van der Waals surface area contributed by atoms with E-state index in [-0.39, 0.29) is 11.3 Å². The lowest BCUT2D eigenvalue weighted by atomic mass is 10.2. The van der Waals surface area contributed by atoms with Crippen molar-refractivity contribution in [2.45, 2.75) is 11.8 Å². The van der Waals surface area contributed by atoms with E-state index in [1.807, 2.05) is 24.3 Å². The van der Waals surface area contributed by atoms with Gasteiger partial charge in [-0.3, -0.25) is 0 Å². The second-order valence-electron chi connectivity index (χ2n) is 4.36. The summed E-state index contributed by atoms with van der Waals surface area (Å²) in [4.78, 5) is 0.917. The van der Waals surface area contributed by atoms with Crippen LogP contribution < -0.4 is 4.72 Å². The molecule has 102 valence electrons. The summed E-state index contributed by atoms with van der Waals surface area (Å²) in [5.41, 5.74) is 1.08. The number of rotatable bonds is 3. The topological polar surface area (TPSA) is 25.2 Å². The molecule has 0 bridgehead atoms. The molecule has 2 nitrogen and oxygen atoms in total. The van der Waals surface area contributed by atoms with Crippen molar-refractivity contribution in [3.8, 4) is 0 Å². The summed E-state index contributed by atoms with van der Waals surface area (Å²) in [6.45, 7) is 1.41. The van der Waals surface area contributed by atoms with E-state index in [0.717, 1.165) is 15.9 Å². The van der Waals surface area contributed by atoms with Crippen LogP contribution >= 0.6 is 11.9 Å². The average Bonchev–Trinajstić information content (AvgIpc) is 2.91. The third-order valence-corrected chi connectivity index (χ3v) is 3.83. The molecule has 1 heterocycles. The zero-order chi connectivity index (χ0) is 14.1. The monoisotopic (exact) mass is 291 g/mol. The molecule has 20 heavy (non-hydrogen) atoms. The molecule has 0 aliphatic carbocycles. The van der Waals surface area contributed by atoms with Gasteiger partial charge in [-0.15, -0.1) is 0 Å². The van der Waals surface area contributed by atoms with Crippen LogP contribution in [0.25, 0.3) is 11.0 Å². The van der Waals surface area contributed by atoms with Gasteiger partial charge in [-0.2, -0.15) is 0 Å². The second kappa shape index (κ2) is 5.17. The average molecular weight is 291 g/mol. The van der Waals surface area contributed by atoms with Gasteiger partial charge in [0.15, 0.2) is 5.82 Å². The van der Waals surface area contributed by atoms with Crippen LogP contribution in [0.5, 0.6) is 0 Å². The van der Waals surface area contributed by atoms with Gasteiger partial charge in [-0.25, -0.2) is 8.78 Å². The van der Waals surface area contributed by atoms with Gasteiger partial charge in [0.25, 0.3) is 0 Å². The van der Waals surface area contributed by atoms with Crippen LogP contribution in [0, 0.1) is 18.6 Å². The SMILES string of the molecule is Cc1c(F)ccc(NSc2ccc3occc3c2)c1F. The smallest absolute Gasteiger partial charge is 0.152 e. The Kier molecular flexibility index (Phi) is 3.36. The highest BCUT2D eigenvalue weighted by Crippen LogP contribution is 2.28. The number of fused-ring (bicyclic) bond motifs is 1. The van der Waals surface area contributed by atoms with Crippen LogP contribution in [0.2, 0.25) is 0 Å². The number of benzene rings is 2. The number of halogens is 2. The summed E-state index contributed by atoms with van der Waals surface area (Å²) < 4.78 is 35.2. The Morgan fingerprint density at radius 3 is 2.80 bits per heavy atom. The van der Waals surface area contributed by atoms with Gasteiger partial charge in [0.1, 0.15) is 11.4 Å². The predicted octanol–water partition coefficient (Wildman–Crippen LogP) is 5.14. The molecule has 0 fully saturated rings. The Bertz CT molecular complexity index is 770. The van der Waals surface area contributed by atoms with Crippen molar-refractivity contribution in [1.82, 2.24) is 0 Å². The Hall–Kier alpha value is -2.01. The van der Waals surface area contributed by atoms with E-state index in [4.69, 9.17) is 4.42 Å². The summed E-state index contributed by atoms with van der Waals surface area (Å²) >= 11 is 1.27. The van der Waals surface area contributed by atoms with Gasteiger partial charge in [0.05, 0.1) is 12.0 Å². The fraction of sp³-hybridized carbons (Fsp3) is 0.0667. The molecule has 0 spiro atoms. The number of hydrogen-bond donors (Lipinski definition) is 1. The van der Waals surface area contributed by atoms with E-state index in [0.29, 0.717) is 0 Å². The standard InChI is InChI=1S/C15H11F2NOS/c1-9-12(16)3-4-13(15(9)17)18-20-11-2-5-14-10(8-11)6-7-19-14/h2-8,18H,1H3. The fourth-order valence-electron chi connectivity index (χ4n) is 1.86. The molecule has 0 radical (unpaired) electrons. The number of anilines is 1. The molecule has 0 aliphatic heterocycles. The first kappa shape index (κ1) is 13.0. The maximum absolute atomic E-state index is 13.8. The molecule has 5 heteroatoms. The van der Waals surface area contributed by atoms with Crippen LogP contribution in [0.3, 0.4) is 0 Å². The van der Waals surface area contributed by atoms with Gasteiger partial charge in [-0.1, -0.05) is 0 Å². The van der Waals surface area contributed by atoms with E-state index in [9.17, 15) is 8.78 Å². The Labute approximate surface area is 118 Å². The van der Waals surface area contributed by atoms with Crippen LogP contribution in [0.1, 0.15) is 5.56 Å². The van der Waals surface area contributed by atoms with Crippen molar-refractivity contribution in [3.63, 3.8) is 0 Å². The Morgan fingerprint density at radius 1 is 1.10 bits per heavy atom. The number of nitrogens with one attached hydrogen (secondary N) is 1. The molecule has 1 aromatic heterocycles. The third-order valence-electron chi connectivity index (χ3n) is 3.02. The Balaban J connectivity index is 1.80. The fourth-order valence-corrected chi connectivity index (χ4v) is 2.57. The van der Waals surface area contributed by atoms with Gasteiger partial charge in [0, 0.05) is 15.8 Å². The lowest BCUT2D eigenvalue weighted by Gasteiger charge is -2.08. The minimum atomic E-state index is -0.568. The normalized spacial score (nSPS) is 10.9. The first-order chi connectivity index (χ1) is 9.65. The summed E-state index contributed by atoms with van der Waals surface area (Å²) in [7, 11) is 0. The Morgan fingerprint density at radius 2 is 1.95 bits per heavy atom. The van der Waals surface area contributed by atoms with E-state index in [1.54, 1.807) is 6.26 Å². The molecular weight excluding hydrogens is 280 g/mol. The van der Waals surface area contributed by atoms with E-state index in [2.05, 4.69) is 4.72 Å². The molecule has 0 saturated heterocycles. The largest absolute Gasteiger partial charge is 0.464 e. The molecule has 0 aliphatic rings. The zero-order valence-corrected chi connectivity index (χ0v) is 11.4. The lowest BCUT2D eigenvalue weighted by molar-refractivity contribution is 0.571. The van der Waals surface area contributed by atoms with Crippen LogP contribution in [0.15, 0.2) is 52.0 Å². The van der Waals surface area contributed by atoms with Crippen molar-refractivity contribution >= 4 is 28.6 Å². The van der Waals surface area contributed by atoms with Crippen molar-refractivity contribution < 1.29 is 13.2 Å². The molecular formula is C15H11F2NOS. The molecule has 0 atom stereocenters. The van der Waals surface area contributed by atoms with Crippen molar-refractivity contribution in [2.24, 2.45) is 0 Å². The van der Waals surface area contributed by atoms with Crippen molar-refractivity contribution in [3.05, 3.63) is 59.9 Å². The van der Waals surface area contributed by atoms with Gasteiger partial charge in [0.2, 0.25) is 0 Å². The maximum atomic E-state index is 13.8. The number of hydrogen-bond acceptors (Lipinski definition) is 3. The summed E-state index contributed by atoms with van der Waals surface area (Å²) in [5.74, 6) is -1.11. The quantitative estimate of drug-likeness (QED) is 0.676. The maximum Gasteiger partial charge on any atom is 0.152 e. The zero-order valence-electron chi connectivity index (χ0n) is 10.6. The molecule has 0 saturated carbocycles. The molecule has 3 rings (SSSR count).